The van der Waals surface area contributed by atoms with Gasteiger partial charge in [-0.15, -0.1) is 0 Å². The van der Waals surface area contributed by atoms with Crippen LogP contribution in [-0.4, -0.2) is 27.1 Å². The first-order chi connectivity index (χ1) is 20.9. The van der Waals surface area contributed by atoms with Crippen LogP contribution in [0.1, 0.15) is 46.2 Å². The first-order valence-electron chi connectivity index (χ1n) is 15.8. The van der Waals surface area contributed by atoms with E-state index in [1.54, 1.807) is 0 Å². The fourth-order valence-corrected chi connectivity index (χ4v) is 16.0. The van der Waals surface area contributed by atoms with Gasteiger partial charge in [0, 0.05) is 0 Å². The summed E-state index contributed by atoms with van der Waals surface area (Å²) in [6.45, 7) is 14.3. The third-order valence-electron chi connectivity index (χ3n) is 9.06. The van der Waals surface area contributed by atoms with E-state index < -0.39 is 36.0 Å². The summed E-state index contributed by atoms with van der Waals surface area (Å²) in [5.74, 6) is 0. The Morgan fingerprint density at radius 3 is 1.59 bits per heavy atom. The molecule has 4 aromatic carbocycles. The van der Waals surface area contributed by atoms with Crippen molar-refractivity contribution in [3.8, 4) is 22.3 Å². The van der Waals surface area contributed by atoms with Crippen molar-refractivity contribution in [2.75, 3.05) is 6.61 Å². The van der Waals surface area contributed by atoms with Gasteiger partial charge in [-0.3, -0.25) is 0 Å². The topological polar surface area (TPSA) is 18.5 Å². The van der Waals surface area contributed by atoms with Gasteiger partial charge in [0.2, 0.25) is 0 Å². The molecular weight excluding hydrogens is 695 g/mol. The molecule has 0 saturated heterocycles. The molecule has 0 saturated carbocycles. The summed E-state index contributed by atoms with van der Waals surface area (Å²) in [4.78, 5) is 0. The Morgan fingerprint density at radius 1 is 0.659 bits per heavy atom. The van der Waals surface area contributed by atoms with Crippen LogP contribution in [-0.2, 0) is 46.5 Å². The van der Waals surface area contributed by atoms with E-state index in [2.05, 4.69) is 124 Å². The molecule has 0 bridgehead atoms. The molecule has 0 fully saturated rings. The number of rotatable bonds is 11. The molecule has 2 aliphatic carbocycles. The van der Waals surface area contributed by atoms with Gasteiger partial charge in [0.15, 0.2) is 0 Å². The van der Waals surface area contributed by atoms with Gasteiger partial charge in [-0.25, -0.2) is 0 Å². The van der Waals surface area contributed by atoms with Crippen LogP contribution < -0.4 is 0 Å². The van der Waals surface area contributed by atoms with E-state index in [0.29, 0.717) is 6.61 Å². The molecule has 0 heterocycles. The molecule has 1 atom stereocenters. The average molecular weight is 738 g/mol. The molecule has 0 radical (unpaired) electrons. The average Bonchev–Trinajstić information content (AvgIpc) is 3.54. The minimum absolute atomic E-state index is 0.0541. The molecule has 229 valence electrons. The Kier molecular flexibility index (Phi) is 9.43. The second-order valence-corrected chi connectivity index (χ2v) is 32.3. The standard InChI is InChI=1S/C37H43O2Si2.2ClH.Zr/c1-40(2,3)38-23-13-22-37(26-39-41(4,5)6,35-20-11-18-31-29-16-9-7-14-27(29)24-33(31)35)36-21-12-19-32-30-17-10-8-15-28(30)25-34(32)36;;;/h7-12,14-21,23H,13,22,24-26H2,1-6H3;2*1H;/q;;;+2/p-2. The second-order valence-electron chi connectivity index (χ2n) is 14.4. The van der Waals surface area contributed by atoms with Crippen molar-refractivity contribution < 1.29 is 28.2 Å². The SMILES string of the molecule is C[Si](C)(C)OCC(CC[CH](O[Si](C)(C)C)[Zr]([Cl])[Cl])(c1cccc2c1Cc1ccccc1-2)c1cccc2c1Cc1ccccc1-2. The Labute approximate surface area is 281 Å². The van der Waals surface area contributed by atoms with Crippen LogP contribution in [0.2, 0.25) is 39.3 Å². The fourth-order valence-electron chi connectivity index (χ4n) is 7.21. The fraction of sp³-hybridized carbons (Fsp3) is 0.351. The Bertz CT molecular complexity index is 1580. The van der Waals surface area contributed by atoms with Gasteiger partial charge in [-0.1, -0.05) is 0 Å². The van der Waals surface area contributed by atoms with E-state index >= 15 is 0 Å². The Hall–Kier alpha value is -1.30. The van der Waals surface area contributed by atoms with Crippen LogP contribution in [0.25, 0.3) is 22.3 Å². The van der Waals surface area contributed by atoms with Crippen molar-refractivity contribution in [1.82, 2.24) is 0 Å². The molecule has 0 amide bonds. The summed E-state index contributed by atoms with van der Waals surface area (Å²) in [6, 6.07) is 31.7. The van der Waals surface area contributed by atoms with Crippen molar-refractivity contribution >= 4 is 33.7 Å². The van der Waals surface area contributed by atoms with Gasteiger partial charge in [-0.05, 0) is 0 Å². The summed E-state index contributed by atoms with van der Waals surface area (Å²) >= 11 is -2.76. The van der Waals surface area contributed by atoms with Crippen LogP contribution in [0.3, 0.4) is 0 Å². The summed E-state index contributed by atoms with van der Waals surface area (Å²) in [6.07, 6.45) is 3.57. The number of hydrogen-bond donors (Lipinski definition) is 0. The monoisotopic (exact) mass is 735 g/mol. The molecule has 1 unspecified atom stereocenters. The predicted molar refractivity (Wildman–Crippen MR) is 189 cm³/mol. The molecule has 4 aromatic rings. The van der Waals surface area contributed by atoms with Crippen molar-refractivity contribution in [3.05, 3.63) is 118 Å². The zero-order chi connectivity index (χ0) is 31.3. The van der Waals surface area contributed by atoms with E-state index in [1.807, 2.05) is 0 Å². The van der Waals surface area contributed by atoms with Crippen LogP contribution in [0.4, 0.5) is 0 Å². The van der Waals surface area contributed by atoms with Crippen molar-refractivity contribution in [1.29, 1.82) is 0 Å². The normalized spacial score (nSPS) is 14.5. The maximum atomic E-state index is 7.03. The molecule has 0 N–H and O–H groups in total. The molecular formula is C37H43Cl2O2Si2Zr. The van der Waals surface area contributed by atoms with Gasteiger partial charge >= 0.3 is 283 Å². The van der Waals surface area contributed by atoms with Gasteiger partial charge in [0.05, 0.1) is 0 Å². The Balaban J connectivity index is 1.57. The first kappa shape index (κ1) is 32.6. The number of benzene rings is 4. The molecule has 44 heavy (non-hydrogen) atoms. The van der Waals surface area contributed by atoms with Crippen molar-refractivity contribution in [2.45, 2.75) is 74.2 Å². The number of fused-ring (bicyclic) bond motifs is 6. The van der Waals surface area contributed by atoms with Gasteiger partial charge < -0.3 is 0 Å². The zero-order valence-corrected chi connectivity index (χ0v) is 32.7. The Morgan fingerprint density at radius 2 is 1.14 bits per heavy atom. The molecule has 2 aliphatic rings. The third kappa shape index (κ3) is 6.58. The molecule has 0 spiro atoms. The van der Waals surface area contributed by atoms with Crippen LogP contribution >= 0.6 is 17.0 Å². The van der Waals surface area contributed by atoms with Gasteiger partial charge in [0.25, 0.3) is 0 Å². The van der Waals surface area contributed by atoms with Crippen LogP contribution in [0.15, 0.2) is 84.9 Å². The van der Waals surface area contributed by atoms with Gasteiger partial charge in [-0.2, -0.15) is 0 Å². The summed E-state index contributed by atoms with van der Waals surface area (Å²) in [5.41, 5.74) is 13.5. The zero-order valence-electron chi connectivity index (χ0n) is 26.8. The van der Waals surface area contributed by atoms with E-state index in [1.165, 1.54) is 55.6 Å². The molecule has 0 aliphatic heterocycles. The molecule has 6 rings (SSSR count). The molecule has 0 aromatic heterocycles. The maximum absolute atomic E-state index is 7.03. The number of halogens is 2. The van der Waals surface area contributed by atoms with Crippen molar-refractivity contribution in [2.24, 2.45) is 0 Å². The predicted octanol–water partition coefficient (Wildman–Crippen LogP) is 10.9. The third-order valence-corrected chi connectivity index (χ3v) is 16.7. The second kappa shape index (κ2) is 12.7. The minimum atomic E-state index is -2.76. The van der Waals surface area contributed by atoms with Crippen LogP contribution in [0, 0.1) is 0 Å². The summed E-state index contributed by atoms with van der Waals surface area (Å²) in [5, 5.41) is 0. The van der Waals surface area contributed by atoms with E-state index in [4.69, 9.17) is 25.9 Å². The van der Waals surface area contributed by atoms with E-state index in [9.17, 15) is 0 Å². The van der Waals surface area contributed by atoms with E-state index in [-0.39, 0.29) is 9.23 Å². The summed E-state index contributed by atoms with van der Waals surface area (Å²) in [7, 11) is 9.99. The quantitative estimate of drug-likeness (QED) is 0.123. The molecule has 7 heteroatoms. The molecule has 2 nitrogen and oxygen atoms in total. The van der Waals surface area contributed by atoms with Crippen molar-refractivity contribution in [3.63, 3.8) is 0 Å². The summed E-state index contributed by atoms with van der Waals surface area (Å²) < 4.78 is 13.7. The number of hydrogen-bond acceptors (Lipinski definition) is 2. The van der Waals surface area contributed by atoms with E-state index in [0.717, 1.165) is 25.7 Å². The first-order valence-corrected chi connectivity index (χ1v) is 30.3. The van der Waals surface area contributed by atoms with Crippen LogP contribution in [0.5, 0.6) is 0 Å². The van der Waals surface area contributed by atoms with Gasteiger partial charge in [0.1, 0.15) is 0 Å².